The summed E-state index contributed by atoms with van der Waals surface area (Å²) in [4.78, 5) is 11.2. The average molecular weight is 201 g/mol. The molecule has 0 spiro atoms. The Hall–Kier alpha value is -0.770. The Morgan fingerprint density at radius 3 is 2.57 bits per heavy atom. The maximum atomic E-state index is 11.2. The van der Waals surface area contributed by atoms with E-state index in [2.05, 4.69) is 5.32 Å². The Morgan fingerprint density at radius 2 is 2.14 bits per heavy atom. The molecule has 82 valence electrons. The maximum Gasteiger partial charge on any atom is 0.407 e. The highest BCUT2D eigenvalue weighted by Crippen LogP contribution is 2.36. The van der Waals surface area contributed by atoms with Gasteiger partial charge in [0.05, 0.1) is 0 Å². The first-order valence-electron chi connectivity index (χ1n) is 5.00. The normalized spacial score (nSPS) is 25.7. The maximum absolute atomic E-state index is 11.2. The highest BCUT2D eigenvalue weighted by molar-refractivity contribution is 5.67. The second-order valence-electron chi connectivity index (χ2n) is 4.82. The predicted octanol–water partition coefficient (Wildman–Crippen LogP) is 1.14. The molecule has 1 aliphatic carbocycles. The fraction of sp³-hybridized carbons (Fsp3) is 0.900. The first-order chi connectivity index (χ1) is 6.42. The van der Waals surface area contributed by atoms with Gasteiger partial charge >= 0.3 is 6.09 Å². The number of alkyl carbamates (subject to hydrolysis) is 1. The quantitative estimate of drug-likeness (QED) is 0.720. The number of rotatable bonds is 3. The summed E-state index contributed by atoms with van der Waals surface area (Å²) in [5.41, 5.74) is -0.440. The number of aliphatic hydroxyl groups is 1. The van der Waals surface area contributed by atoms with Crippen LogP contribution in [0.2, 0.25) is 0 Å². The van der Waals surface area contributed by atoms with Gasteiger partial charge in [0.15, 0.2) is 0 Å². The number of ether oxygens (including phenoxy) is 1. The summed E-state index contributed by atoms with van der Waals surface area (Å²) in [5.74, 6) is 0.817. The van der Waals surface area contributed by atoms with Crippen LogP contribution >= 0.6 is 0 Å². The largest absolute Gasteiger partial charge is 0.444 e. The molecule has 0 radical (unpaired) electrons. The summed E-state index contributed by atoms with van der Waals surface area (Å²) in [7, 11) is 0. The van der Waals surface area contributed by atoms with Crippen molar-refractivity contribution in [3.63, 3.8) is 0 Å². The Balaban J connectivity index is 2.10. The first-order valence-corrected chi connectivity index (χ1v) is 5.00. The second kappa shape index (κ2) is 4.17. The third-order valence-electron chi connectivity index (χ3n) is 2.21. The third-order valence-corrected chi connectivity index (χ3v) is 2.21. The Kier molecular flexibility index (Phi) is 3.37. The molecule has 0 bridgehead atoms. The minimum atomic E-state index is -0.440. The molecule has 2 N–H and O–H groups in total. The minimum Gasteiger partial charge on any atom is -0.444 e. The standard InChI is InChI=1S/C10H19NO3/c1-10(2,3)14-9(13)11-5-7-4-8(7)6-12/h7-8,12H,4-6H2,1-3H3,(H,11,13). The number of hydrogen-bond acceptors (Lipinski definition) is 3. The lowest BCUT2D eigenvalue weighted by atomic mass is 10.2. The van der Waals surface area contributed by atoms with Gasteiger partial charge in [0.25, 0.3) is 0 Å². The molecule has 1 saturated carbocycles. The van der Waals surface area contributed by atoms with E-state index in [0.29, 0.717) is 18.4 Å². The van der Waals surface area contributed by atoms with Crippen LogP contribution in [0, 0.1) is 11.8 Å². The van der Waals surface area contributed by atoms with Gasteiger partial charge in [-0.25, -0.2) is 4.79 Å². The molecule has 2 unspecified atom stereocenters. The smallest absolute Gasteiger partial charge is 0.407 e. The zero-order valence-corrected chi connectivity index (χ0v) is 9.04. The second-order valence-corrected chi connectivity index (χ2v) is 4.82. The van der Waals surface area contributed by atoms with Crippen LogP contribution in [-0.2, 0) is 4.74 Å². The van der Waals surface area contributed by atoms with Gasteiger partial charge in [0.1, 0.15) is 5.60 Å². The molecule has 0 aromatic rings. The van der Waals surface area contributed by atoms with Crippen molar-refractivity contribution in [3.05, 3.63) is 0 Å². The molecule has 4 nitrogen and oxygen atoms in total. The van der Waals surface area contributed by atoms with Crippen LogP contribution in [0.5, 0.6) is 0 Å². The molecule has 4 heteroatoms. The first kappa shape index (κ1) is 11.3. The van der Waals surface area contributed by atoms with Crippen LogP contribution in [-0.4, -0.2) is 30.0 Å². The van der Waals surface area contributed by atoms with E-state index in [1.165, 1.54) is 0 Å². The van der Waals surface area contributed by atoms with Gasteiger partial charge in [-0.2, -0.15) is 0 Å². The number of hydrogen-bond donors (Lipinski definition) is 2. The Labute approximate surface area is 84.6 Å². The minimum absolute atomic E-state index is 0.223. The highest BCUT2D eigenvalue weighted by atomic mass is 16.6. The molecule has 0 aromatic heterocycles. The zero-order valence-electron chi connectivity index (χ0n) is 9.04. The van der Waals surface area contributed by atoms with Crippen molar-refractivity contribution in [2.75, 3.05) is 13.2 Å². The van der Waals surface area contributed by atoms with Crippen LogP contribution in [0.15, 0.2) is 0 Å². The lowest BCUT2D eigenvalue weighted by molar-refractivity contribution is 0.0524. The Bertz CT molecular complexity index is 210. The molecule has 0 heterocycles. The summed E-state index contributed by atoms with van der Waals surface area (Å²) >= 11 is 0. The average Bonchev–Trinajstić information content (AvgIpc) is 2.76. The SMILES string of the molecule is CC(C)(C)OC(=O)NCC1CC1CO. The highest BCUT2D eigenvalue weighted by Gasteiger charge is 2.36. The summed E-state index contributed by atoms with van der Waals surface area (Å²) in [6, 6.07) is 0. The lowest BCUT2D eigenvalue weighted by Crippen LogP contribution is -2.33. The van der Waals surface area contributed by atoms with Crippen LogP contribution in [0.1, 0.15) is 27.2 Å². The van der Waals surface area contributed by atoms with Crippen LogP contribution < -0.4 is 5.32 Å². The van der Waals surface area contributed by atoms with Gasteiger partial charge in [-0.05, 0) is 39.0 Å². The molecule has 1 aliphatic rings. The monoisotopic (exact) mass is 201 g/mol. The van der Waals surface area contributed by atoms with E-state index in [0.717, 1.165) is 6.42 Å². The molecule has 14 heavy (non-hydrogen) atoms. The molecule has 0 saturated heterocycles. The summed E-state index contributed by atoms with van der Waals surface area (Å²) in [6.45, 7) is 6.33. The summed E-state index contributed by atoms with van der Waals surface area (Å²) in [6.07, 6.45) is 0.632. The summed E-state index contributed by atoms with van der Waals surface area (Å²) in [5, 5.41) is 11.5. The van der Waals surface area contributed by atoms with E-state index in [1.807, 2.05) is 20.8 Å². The van der Waals surface area contributed by atoms with Crippen LogP contribution in [0.3, 0.4) is 0 Å². The topological polar surface area (TPSA) is 58.6 Å². The van der Waals surface area contributed by atoms with Crippen molar-refractivity contribution in [3.8, 4) is 0 Å². The number of aliphatic hydroxyl groups excluding tert-OH is 1. The summed E-state index contributed by atoms with van der Waals surface area (Å²) < 4.78 is 5.07. The molecular weight excluding hydrogens is 182 g/mol. The molecule has 2 atom stereocenters. The van der Waals surface area contributed by atoms with Gasteiger partial charge < -0.3 is 15.2 Å². The van der Waals surface area contributed by atoms with E-state index in [9.17, 15) is 4.79 Å². The van der Waals surface area contributed by atoms with Crippen LogP contribution in [0.25, 0.3) is 0 Å². The van der Waals surface area contributed by atoms with Crippen molar-refractivity contribution < 1.29 is 14.6 Å². The predicted molar refractivity (Wildman–Crippen MR) is 52.9 cm³/mol. The van der Waals surface area contributed by atoms with Gasteiger partial charge in [0.2, 0.25) is 0 Å². The Morgan fingerprint density at radius 1 is 1.50 bits per heavy atom. The van der Waals surface area contributed by atoms with Crippen molar-refractivity contribution in [2.24, 2.45) is 11.8 Å². The lowest BCUT2D eigenvalue weighted by Gasteiger charge is -2.19. The van der Waals surface area contributed by atoms with Crippen molar-refractivity contribution in [2.45, 2.75) is 32.8 Å². The zero-order chi connectivity index (χ0) is 10.8. The van der Waals surface area contributed by atoms with E-state index in [4.69, 9.17) is 9.84 Å². The van der Waals surface area contributed by atoms with Crippen LogP contribution in [0.4, 0.5) is 4.79 Å². The molecule has 1 amide bonds. The van der Waals surface area contributed by atoms with Gasteiger partial charge in [0, 0.05) is 13.2 Å². The number of amides is 1. The van der Waals surface area contributed by atoms with Gasteiger partial charge in [-0.3, -0.25) is 0 Å². The van der Waals surface area contributed by atoms with Crippen molar-refractivity contribution >= 4 is 6.09 Å². The molecular formula is C10H19NO3. The van der Waals surface area contributed by atoms with Gasteiger partial charge in [-0.1, -0.05) is 0 Å². The van der Waals surface area contributed by atoms with Gasteiger partial charge in [-0.15, -0.1) is 0 Å². The number of nitrogens with one attached hydrogen (secondary N) is 1. The molecule has 1 rings (SSSR count). The van der Waals surface area contributed by atoms with E-state index < -0.39 is 5.60 Å². The molecule has 0 aromatic carbocycles. The van der Waals surface area contributed by atoms with E-state index in [1.54, 1.807) is 0 Å². The van der Waals surface area contributed by atoms with Crippen molar-refractivity contribution in [1.82, 2.24) is 5.32 Å². The molecule has 1 fully saturated rings. The fourth-order valence-corrected chi connectivity index (χ4v) is 1.31. The molecule has 0 aliphatic heterocycles. The van der Waals surface area contributed by atoms with Crippen molar-refractivity contribution in [1.29, 1.82) is 0 Å². The third kappa shape index (κ3) is 3.96. The van der Waals surface area contributed by atoms with E-state index in [-0.39, 0.29) is 12.7 Å². The van der Waals surface area contributed by atoms with E-state index >= 15 is 0 Å². The fourth-order valence-electron chi connectivity index (χ4n) is 1.31. The number of carbonyl (C=O) groups is 1. The number of carbonyl (C=O) groups excluding carboxylic acids is 1.